The van der Waals surface area contributed by atoms with E-state index in [1.807, 2.05) is 23.6 Å². The Kier molecular flexibility index (Phi) is 4.55. The van der Waals surface area contributed by atoms with Crippen LogP contribution in [-0.2, 0) is 12.8 Å². The van der Waals surface area contributed by atoms with E-state index in [-0.39, 0.29) is 5.91 Å². The molecular weight excluding hydrogens is 282 g/mol. The zero-order valence-electron chi connectivity index (χ0n) is 11.9. The van der Waals surface area contributed by atoms with Gasteiger partial charge in [-0.3, -0.25) is 4.79 Å². The van der Waals surface area contributed by atoms with Crippen LogP contribution in [-0.4, -0.2) is 19.1 Å². The fourth-order valence-electron chi connectivity index (χ4n) is 2.63. The fourth-order valence-corrected chi connectivity index (χ4v) is 3.27. The van der Waals surface area contributed by atoms with Gasteiger partial charge in [0.1, 0.15) is 12.4 Å². The monoisotopic (exact) mass is 301 g/mol. The highest BCUT2D eigenvalue weighted by Crippen LogP contribution is 2.25. The topological polar surface area (TPSA) is 38.3 Å². The summed E-state index contributed by atoms with van der Waals surface area (Å²) >= 11 is 1.45. The predicted molar refractivity (Wildman–Crippen MR) is 85.2 cm³/mol. The molecule has 3 rings (SSSR count). The van der Waals surface area contributed by atoms with E-state index in [1.54, 1.807) is 0 Å². The molecule has 0 atom stereocenters. The molecule has 3 nitrogen and oxygen atoms in total. The number of fused-ring (bicyclic) bond motifs is 1. The lowest BCUT2D eigenvalue weighted by atomic mass is 9.92. The molecule has 0 fully saturated rings. The largest absolute Gasteiger partial charge is 0.492 e. The number of hydrogen-bond donors (Lipinski definition) is 1. The lowest BCUT2D eigenvalue weighted by molar-refractivity contribution is 0.0951. The molecule has 0 unspecified atom stereocenters. The van der Waals surface area contributed by atoms with Crippen LogP contribution in [0.25, 0.3) is 0 Å². The quantitative estimate of drug-likeness (QED) is 0.859. The number of ether oxygens (including phenoxy) is 1. The second-order valence-corrected chi connectivity index (χ2v) is 6.17. The molecule has 0 bridgehead atoms. The number of amides is 1. The highest BCUT2D eigenvalue weighted by molar-refractivity contribution is 7.12. The Labute approximate surface area is 129 Å². The highest BCUT2D eigenvalue weighted by atomic mass is 32.1. The number of carbonyl (C=O) groups excluding carboxylic acids is 1. The molecule has 0 aliphatic heterocycles. The summed E-state index contributed by atoms with van der Waals surface area (Å²) in [6.07, 6.45) is 4.91. The summed E-state index contributed by atoms with van der Waals surface area (Å²) in [7, 11) is 0. The number of benzene rings is 1. The molecule has 1 aromatic carbocycles. The molecule has 0 saturated carbocycles. The summed E-state index contributed by atoms with van der Waals surface area (Å²) in [6.45, 7) is 1.02. The molecule has 2 aromatic rings. The summed E-state index contributed by atoms with van der Waals surface area (Å²) < 4.78 is 5.73. The van der Waals surface area contributed by atoms with Gasteiger partial charge in [0.05, 0.1) is 11.4 Å². The van der Waals surface area contributed by atoms with Crippen molar-refractivity contribution in [3.63, 3.8) is 0 Å². The smallest absolute Gasteiger partial charge is 0.261 e. The van der Waals surface area contributed by atoms with Crippen LogP contribution in [0, 0.1) is 0 Å². The van der Waals surface area contributed by atoms with Crippen molar-refractivity contribution in [1.29, 1.82) is 0 Å². The Bertz CT molecular complexity index is 607. The van der Waals surface area contributed by atoms with Crippen LogP contribution in [0.1, 0.15) is 33.6 Å². The van der Waals surface area contributed by atoms with Gasteiger partial charge in [0.2, 0.25) is 0 Å². The standard InChI is InChI=1S/C17H19NO2S/c19-17(16-6-3-11-21-16)18-9-10-20-15-8-7-13-4-1-2-5-14(13)12-15/h3,6-8,11-12H,1-2,4-5,9-10H2,(H,18,19). The minimum absolute atomic E-state index is 0.0287. The minimum atomic E-state index is -0.0287. The normalized spacial score (nSPS) is 13.5. The van der Waals surface area contributed by atoms with Crippen molar-refractivity contribution in [3.8, 4) is 5.75 Å². The predicted octanol–water partition coefficient (Wildman–Crippen LogP) is 3.44. The summed E-state index contributed by atoms with van der Waals surface area (Å²) in [4.78, 5) is 12.5. The third-order valence-corrected chi connectivity index (χ3v) is 4.59. The average Bonchev–Trinajstić information content (AvgIpc) is 3.06. The third kappa shape index (κ3) is 3.64. The molecule has 1 aliphatic rings. The fraction of sp³-hybridized carbons (Fsp3) is 0.353. The van der Waals surface area contributed by atoms with E-state index in [4.69, 9.17) is 4.74 Å². The van der Waals surface area contributed by atoms with Crippen LogP contribution in [0.15, 0.2) is 35.7 Å². The molecule has 1 heterocycles. The summed E-state index contributed by atoms with van der Waals surface area (Å²) in [5.74, 6) is 0.875. The summed E-state index contributed by atoms with van der Waals surface area (Å²) in [5, 5.41) is 4.77. The van der Waals surface area contributed by atoms with Gasteiger partial charge in [-0.2, -0.15) is 0 Å². The number of aryl methyl sites for hydroxylation is 2. The second-order valence-electron chi connectivity index (χ2n) is 5.22. The van der Waals surface area contributed by atoms with Crippen molar-refractivity contribution in [2.75, 3.05) is 13.2 Å². The van der Waals surface area contributed by atoms with E-state index in [1.165, 1.54) is 41.7 Å². The van der Waals surface area contributed by atoms with E-state index >= 15 is 0 Å². The van der Waals surface area contributed by atoms with Crippen molar-refractivity contribution in [2.45, 2.75) is 25.7 Å². The minimum Gasteiger partial charge on any atom is -0.492 e. The van der Waals surface area contributed by atoms with Gasteiger partial charge in [-0.25, -0.2) is 0 Å². The molecule has 1 aromatic heterocycles. The second kappa shape index (κ2) is 6.76. The number of carbonyl (C=O) groups is 1. The first-order valence-corrected chi connectivity index (χ1v) is 8.27. The first kappa shape index (κ1) is 14.1. The van der Waals surface area contributed by atoms with E-state index in [2.05, 4.69) is 17.4 Å². The molecule has 1 amide bonds. The molecule has 1 aliphatic carbocycles. The van der Waals surface area contributed by atoms with E-state index < -0.39 is 0 Å². The van der Waals surface area contributed by atoms with Gasteiger partial charge in [-0.05, 0) is 60.4 Å². The molecule has 0 spiro atoms. The van der Waals surface area contributed by atoms with Gasteiger partial charge < -0.3 is 10.1 Å². The number of hydrogen-bond acceptors (Lipinski definition) is 3. The molecular formula is C17H19NO2S. The van der Waals surface area contributed by atoms with E-state index in [9.17, 15) is 4.79 Å². The lowest BCUT2D eigenvalue weighted by Gasteiger charge is -2.16. The maximum Gasteiger partial charge on any atom is 0.261 e. The van der Waals surface area contributed by atoms with E-state index in [0.717, 1.165) is 17.0 Å². The maximum atomic E-state index is 11.8. The van der Waals surface area contributed by atoms with Gasteiger partial charge in [0.15, 0.2) is 0 Å². The third-order valence-electron chi connectivity index (χ3n) is 3.72. The van der Waals surface area contributed by atoms with Gasteiger partial charge in [-0.1, -0.05) is 12.1 Å². The Hall–Kier alpha value is -1.81. The summed E-state index contributed by atoms with van der Waals surface area (Å²) in [6, 6.07) is 10.1. The van der Waals surface area contributed by atoms with Crippen molar-refractivity contribution < 1.29 is 9.53 Å². The van der Waals surface area contributed by atoms with Gasteiger partial charge >= 0.3 is 0 Å². The molecule has 0 radical (unpaired) electrons. The Morgan fingerprint density at radius 3 is 2.86 bits per heavy atom. The zero-order valence-corrected chi connectivity index (χ0v) is 12.7. The summed E-state index contributed by atoms with van der Waals surface area (Å²) in [5.41, 5.74) is 2.88. The maximum absolute atomic E-state index is 11.8. The van der Waals surface area contributed by atoms with Gasteiger partial charge in [0.25, 0.3) is 5.91 Å². The van der Waals surface area contributed by atoms with E-state index in [0.29, 0.717) is 13.2 Å². The van der Waals surface area contributed by atoms with Crippen LogP contribution in [0.2, 0.25) is 0 Å². The average molecular weight is 301 g/mol. The van der Waals surface area contributed by atoms with Crippen LogP contribution >= 0.6 is 11.3 Å². The highest BCUT2D eigenvalue weighted by Gasteiger charge is 2.10. The number of nitrogens with one attached hydrogen (secondary N) is 1. The molecule has 0 saturated heterocycles. The van der Waals surface area contributed by atoms with Crippen LogP contribution in [0.3, 0.4) is 0 Å². The number of thiophene rings is 1. The molecule has 4 heteroatoms. The molecule has 1 N–H and O–H groups in total. The van der Waals surface area contributed by atoms with Crippen LogP contribution in [0.5, 0.6) is 5.75 Å². The first-order chi connectivity index (χ1) is 10.3. The van der Waals surface area contributed by atoms with Crippen molar-refractivity contribution >= 4 is 17.2 Å². The Balaban J connectivity index is 1.46. The SMILES string of the molecule is O=C(NCCOc1ccc2c(c1)CCCC2)c1cccs1. The zero-order chi connectivity index (χ0) is 14.5. The van der Waals surface area contributed by atoms with Crippen LogP contribution in [0.4, 0.5) is 0 Å². The molecule has 21 heavy (non-hydrogen) atoms. The molecule has 110 valence electrons. The Morgan fingerprint density at radius 2 is 2.05 bits per heavy atom. The van der Waals surface area contributed by atoms with Gasteiger partial charge in [0, 0.05) is 0 Å². The first-order valence-electron chi connectivity index (χ1n) is 7.39. The van der Waals surface area contributed by atoms with Crippen molar-refractivity contribution in [1.82, 2.24) is 5.32 Å². The van der Waals surface area contributed by atoms with Crippen LogP contribution < -0.4 is 10.1 Å². The van der Waals surface area contributed by atoms with Crippen molar-refractivity contribution in [3.05, 3.63) is 51.7 Å². The number of rotatable bonds is 5. The van der Waals surface area contributed by atoms with Gasteiger partial charge in [-0.15, -0.1) is 11.3 Å². The Morgan fingerprint density at radius 1 is 1.19 bits per heavy atom. The lowest BCUT2D eigenvalue weighted by Crippen LogP contribution is -2.27. The van der Waals surface area contributed by atoms with Crippen molar-refractivity contribution in [2.24, 2.45) is 0 Å².